The van der Waals surface area contributed by atoms with Crippen LogP contribution in [0.2, 0.25) is 0 Å². The number of rotatable bonds is 3. The summed E-state index contributed by atoms with van der Waals surface area (Å²) in [7, 11) is -2.46. The van der Waals surface area contributed by atoms with Gasteiger partial charge in [-0.3, -0.25) is 4.79 Å². The molecule has 0 radical (unpaired) electrons. The van der Waals surface area contributed by atoms with Crippen LogP contribution in [0.5, 0.6) is 5.75 Å². The molecule has 0 spiro atoms. The Morgan fingerprint density at radius 2 is 2.04 bits per heavy atom. The van der Waals surface area contributed by atoms with Gasteiger partial charge in [0.1, 0.15) is 5.75 Å². The molecule has 0 aromatic heterocycles. The van der Waals surface area contributed by atoms with Crippen molar-refractivity contribution in [2.45, 2.75) is 31.2 Å². The Kier molecular flexibility index (Phi) is 4.70. The van der Waals surface area contributed by atoms with Crippen LogP contribution in [0.4, 0.5) is 0 Å². The van der Waals surface area contributed by atoms with Gasteiger partial charge in [0.25, 0.3) is 5.91 Å². The normalized spacial score (nSPS) is 21.1. The van der Waals surface area contributed by atoms with Crippen LogP contribution in [0.15, 0.2) is 23.1 Å². The lowest BCUT2D eigenvalue weighted by Gasteiger charge is -2.42. The van der Waals surface area contributed by atoms with Gasteiger partial charge in [-0.25, -0.2) is 13.6 Å². The molecule has 0 bridgehead atoms. The minimum Gasteiger partial charge on any atom is -0.496 e. The molecule has 1 fully saturated rings. The Labute approximate surface area is 136 Å². The van der Waals surface area contributed by atoms with Crippen LogP contribution in [0, 0.1) is 5.41 Å². The van der Waals surface area contributed by atoms with Crippen molar-refractivity contribution < 1.29 is 17.9 Å². The van der Waals surface area contributed by atoms with Crippen molar-refractivity contribution >= 4 is 15.9 Å². The fourth-order valence-electron chi connectivity index (χ4n) is 2.75. The second kappa shape index (κ2) is 6.10. The number of piperidine rings is 1. The number of sulfonamides is 1. The van der Waals surface area contributed by atoms with Gasteiger partial charge in [0.15, 0.2) is 0 Å². The van der Waals surface area contributed by atoms with Crippen molar-refractivity contribution in [2.24, 2.45) is 16.3 Å². The maximum atomic E-state index is 12.8. The van der Waals surface area contributed by atoms with E-state index in [4.69, 9.17) is 15.6 Å². The zero-order valence-electron chi connectivity index (χ0n) is 13.6. The van der Waals surface area contributed by atoms with Crippen molar-refractivity contribution in [3.8, 4) is 5.75 Å². The summed E-state index contributed by atoms with van der Waals surface area (Å²) in [4.78, 5) is 14.4. The molecule has 1 aromatic carbocycles. The minimum absolute atomic E-state index is 0.0178. The maximum absolute atomic E-state index is 12.8. The van der Waals surface area contributed by atoms with E-state index in [1.54, 1.807) is 4.90 Å². The Morgan fingerprint density at radius 1 is 1.39 bits per heavy atom. The molecule has 128 valence electrons. The number of carbonyl (C=O) groups is 1. The van der Waals surface area contributed by atoms with Crippen molar-refractivity contribution in [1.82, 2.24) is 4.90 Å². The highest BCUT2D eigenvalue weighted by Crippen LogP contribution is 2.30. The molecule has 1 aromatic rings. The Hall–Kier alpha value is -1.64. The second-order valence-corrected chi connectivity index (χ2v) is 8.08. The highest BCUT2D eigenvalue weighted by molar-refractivity contribution is 7.89. The molecule has 1 saturated heterocycles. The molecular formula is C15H23N3O4S. The zero-order valence-corrected chi connectivity index (χ0v) is 14.4. The van der Waals surface area contributed by atoms with Crippen LogP contribution in [0.1, 0.15) is 30.6 Å². The van der Waals surface area contributed by atoms with E-state index in [9.17, 15) is 13.2 Å². The molecule has 7 nitrogen and oxygen atoms in total. The summed E-state index contributed by atoms with van der Waals surface area (Å²) in [6, 6.07) is 4.04. The fourth-order valence-corrected chi connectivity index (χ4v) is 3.29. The van der Waals surface area contributed by atoms with Gasteiger partial charge in [-0.2, -0.15) is 0 Å². The number of carbonyl (C=O) groups excluding carboxylic acids is 1. The lowest BCUT2D eigenvalue weighted by atomic mass is 9.79. The highest BCUT2D eigenvalue weighted by Gasteiger charge is 2.36. The molecule has 1 atom stereocenters. The van der Waals surface area contributed by atoms with Gasteiger partial charge in [-0.1, -0.05) is 13.8 Å². The van der Waals surface area contributed by atoms with E-state index in [-0.39, 0.29) is 27.8 Å². The number of hydrogen-bond donors (Lipinski definition) is 2. The summed E-state index contributed by atoms with van der Waals surface area (Å²) in [6.45, 7) is 5.03. The van der Waals surface area contributed by atoms with E-state index in [0.717, 1.165) is 0 Å². The number of methoxy groups -OCH3 is 1. The average molecular weight is 341 g/mol. The Bertz CT molecular complexity index is 715. The van der Waals surface area contributed by atoms with E-state index in [2.05, 4.69) is 0 Å². The number of amides is 1. The third-order valence-electron chi connectivity index (χ3n) is 4.33. The van der Waals surface area contributed by atoms with E-state index in [1.165, 1.54) is 25.3 Å². The van der Waals surface area contributed by atoms with Gasteiger partial charge < -0.3 is 15.4 Å². The molecule has 4 N–H and O–H groups in total. The van der Waals surface area contributed by atoms with Gasteiger partial charge in [-0.15, -0.1) is 0 Å². The summed E-state index contributed by atoms with van der Waals surface area (Å²) in [5.41, 5.74) is 6.07. The first kappa shape index (κ1) is 17.7. The number of nitrogens with zero attached hydrogens (tertiary/aromatic N) is 1. The van der Waals surface area contributed by atoms with Crippen LogP contribution in [-0.2, 0) is 10.0 Å². The predicted octanol–water partition coefficient (Wildman–Crippen LogP) is 0.542. The lowest BCUT2D eigenvalue weighted by Crippen LogP contribution is -2.54. The topological polar surface area (TPSA) is 116 Å². The van der Waals surface area contributed by atoms with Crippen LogP contribution in [0.3, 0.4) is 0 Å². The smallest absolute Gasteiger partial charge is 0.257 e. The van der Waals surface area contributed by atoms with Gasteiger partial charge in [0.2, 0.25) is 10.0 Å². The van der Waals surface area contributed by atoms with Gasteiger partial charge >= 0.3 is 0 Å². The molecule has 1 heterocycles. The van der Waals surface area contributed by atoms with Crippen molar-refractivity contribution in [3.63, 3.8) is 0 Å². The Morgan fingerprint density at radius 3 is 2.57 bits per heavy atom. The minimum atomic E-state index is -3.89. The molecule has 1 amide bonds. The van der Waals surface area contributed by atoms with Crippen LogP contribution >= 0.6 is 0 Å². The number of primary sulfonamides is 1. The summed E-state index contributed by atoms with van der Waals surface area (Å²) < 4.78 is 28.2. The summed E-state index contributed by atoms with van der Waals surface area (Å²) in [5.74, 6) is 0.0300. The van der Waals surface area contributed by atoms with Gasteiger partial charge in [-0.05, 0) is 30.0 Å². The molecule has 23 heavy (non-hydrogen) atoms. The first-order valence-corrected chi connectivity index (χ1v) is 8.86. The maximum Gasteiger partial charge on any atom is 0.257 e. The Balaban J connectivity index is 2.39. The van der Waals surface area contributed by atoms with Crippen LogP contribution < -0.4 is 15.6 Å². The van der Waals surface area contributed by atoms with E-state index >= 15 is 0 Å². The number of likely N-dealkylation sites (tertiary alicyclic amines) is 1. The molecular weight excluding hydrogens is 318 g/mol. The molecule has 2 rings (SSSR count). The average Bonchev–Trinajstić information content (AvgIpc) is 2.47. The number of ether oxygens (including phenoxy) is 1. The van der Waals surface area contributed by atoms with Crippen LogP contribution in [-0.4, -0.2) is 45.5 Å². The SMILES string of the molecule is COc1ccc(S(N)(=O)=O)cc1C(=O)N1CCC(N)C(C)(C)C1. The molecule has 0 aliphatic carbocycles. The van der Waals surface area contributed by atoms with E-state index in [1.807, 2.05) is 13.8 Å². The molecule has 1 unspecified atom stereocenters. The van der Waals surface area contributed by atoms with Gasteiger partial charge in [0, 0.05) is 19.1 Å². The quantitative estimate of drug-likeness (QED) is 0.832. The lowest BCUT2D eigenvalue weighted by molar-refractivity contribution is 0.0529. The molecule has 0 saturated carbocycles. The molecule has 8 heteroatoms. The standard InChI is InChI=1S/C15H23N3O4S/c1-15(2)9-18(7-6-13(15)16)14(19)11-8-10(23(17,20)21)4-5-12(11)22-3/h4-5,8,13H,6-7,9,16H2,1-3H3,(H2,17,20,21). The summed E-state index contributed by atoms with van der Waals surface area (Å²) in [6.07, 6.45) is 0.690. The van der Waals surface area contributed by atoms with Crippen LogP contribution in [0.25, 0.3) is 0 Å². The summed E-state index contributed by atoms with van der Waals surface area (Å²) >= 11 is 0. The third-order valence-corrected chi connectivity index (χ3v) is 5.24. The van der Waals surface area contributed by atoms with E-state index < -0.39 is 10.0 Å². The van der Waals surface area contributed by atoms with Gasteiger partial charge in [0.05, 0.1) is 17.6 Å². The molecule has 1 aliphatic rings. The zero-order chi connectivity index (χ0) is 17.4. The predicted molar refractivity (Wildman–Crippen MR) is 86.6 cm³/mol. The molecule has 1 aliphatic heterocycles. The first-order valence-electron chi connectivity index (χ1n) is 7.32. The fraction of sp³-hybridized carbons (Fsp3) is 0.533. The summed E-state index contributed by atoms with van der Waals surface area (Å²) in [5, 5.41) is 5.15. The number of benzene rings is 1. The highest BCUT2D eigenvalue weighted by atomic mass is 32.2. The van der Waals surface area contributed by atoms with Crippen molar-refractivity contribution in [3.05, 3.63) is 23.8 Å². The van der Waals surface area contributed by atoms with Crippen molar-refractivity contribution in [1.29, 1.82) is 0 Å². The van der Waals surface area contributed by atoms with E-state index in [0.29, 0.717) is 25.3 Å². The number of nitrogens with two attached hydrogens (primary N) is 2. The second-order valence-electron chi connectivity index (χ2n) is 6.52. The van der Waals surface area contributed by atoms with Crippen molar-refractivity contribution in [2.75, 3.05) is 20.2 Å². The number of hydrogen-bond acceptors (Lipinski definition) is 5. The largest absolute Gasteiger partial charge is 0.496 e. The third kappa shape index (κ3) is 3.65. The first-order chi connectivity index (χ1) is 10.6. The monoisotopic (exact) mass is 341 g/mol.